The Morgan fingerprint density at radius 2 is 1.05 bits per heavy atom. The highest BCUT2D eigenvalue weighted by Gasteiger charge is 2.08. The van der Waals surface area contributed by atoms with Crippen LogP contribution in [-0.4, -0.2) is 47.6 Å². The van der Waals surface area contributed by atoms with Crippen molar-refractivity contribution in [1.82, 2.24) is 0 Å². The van der Waals surface area contributed by atoms with Crippen molar-refractivity contribution in [3.63, 3.8) is 0 Å². The van der Waals surface area contributed by atoms with Gasteiger partial charge in [0.25, 0.3) is 0 Å². The number of rotatable bonds is 12. The first-order valence-electron chi connectivity index (χ1n) is 11.5. The first kappa shape index (κ1) is 28.6. The summed E-state index contributed by atoms with van der Waals surface area (Å²) in [4.78, 5) is 44.9. The molecule has 2 aromatic rings. The summed E-state index contributed by atoms with van der Waals surface area (Å²) in [6, 6.07) is 14.5. The smallest absolute Gasteiger partial charge is 0.411 e. The minimum Gasteiger partial charge on any atom is -0.478 e. The van der Waals surface area contributed by atoms with Gasteiger partial charge in [0.05, 0.1) is 13.2 Å². The lowest BCUT2D eigenvalue weighted by molar-refractivity contribution is -0.132. The predicted octanol–water partition coefficient (Wildman–Crippen LogP) is 4.93. The van der Waals surface area contributed by atoms with Gasteiger partial charge in [0.1, 0.15) is 0 Å². The third-order valence-corrected chi connectivity index (χ3v) is 4.90. The van der Waals surface area contributed by atoms with Crippen molar-refractivity contribution in [3.8, 4) is 0 Å². The second-order valence-corrected chi connectivity index (χ2v) is 8.37. The third-order valence-electron chi connectivity index (χ3n) is 4.90. The van der Waals surface area contributed by atoms with E-state index in [1.165, 1.54) is 12.2 Å². The van der Waals surface area contributed by atoms with Gasteiger partial charge in [0.15, 0.2) is 0 Å². The van der Waals surface area contributed by atoms with Gasteiger partial charge in [0.2, 0.25) is 0 Å². The molecule has 0 saturated carbocycles. The average molecular weight is 511 g/mol. The van der Waals surface area contributed by atoms with Crippen LogP contribution in [0.3, 0.4) is 0 Å². The van der Waals surface area contributed by atoms with E-state index < -0.39 is 24.1 Å². The van der Waals surface area contributed by atoms with E-state index in [1.54, 1.807) is 38.1 Å². The van der Waals surface area contributed by atoms with Gasteiger partial charge in [-0.25, -0.2) is 19.2 Å². The summed E-state index contributed by atoms with van der Waals surface area (Å²) >= 11 is 0. The monoisotopic (exact) mass is 510 g/mol. The molecule has 2 aromatic carbocycles. The van der Waals surface area contributed by atoms with Gasteiger partial charge in [-0.05, 0) is 41.8 Å². The van der Waals surface area contributed by atoms with Crippen molar-refractivity contribution in [2.24, 2.45) is 11.8 Å². The Morgan fingerprint density at radius 1 is 0.703 bits per heavy atom. The van der Waals surface area contributed by atoms with Crippen LogP contribution in [0, 0.1) is 11.8 Å². The van der Waals surface area contributed by atoms with Gasteiger partial charge in [0, 0.05) is 35.4 Å². The molecule has 0 aliphatic heterocycles. The number of ether oxygens (including phenoxy) is 2. The van der Waals surface area contributed by atoms with Crippen LogP contribution in [0.2, 0.25) is 0 Å². The molecular weight excluding hydrogens is 480 g/mol. The van der Waals surface area contributed by atoms with Gasteiger partial charge >= 0.3 is 24.1 Å². The van der Waals surface area contributed by atoms with Crippen molar-refractivity contribution in [1.29, 1.82) is 0 Å². The summed E-state index contributed by atoms with van der Waals surface area (Å²) in [5, 5.41) is 22.5. The van der Waals surface area contributed by atoms with E-state index in [9.17, 15) is 19.2 Å². The van der Waals surface area contributed by atoms with Crippen molar-refractivity contribution >= 4 is 35.5 Å². The molecule has 4 N–H and O–H groups in total. The fourth-order valence-electron chi connectivity index (χ4n) is 2.97. The van der Waals surface area contributed by atoms with E-state index in [4.69, 9.17) is 19.7 Å². The molecule has 37 heavy (non-hydrogen) atoms. The lowest BCUT2D eigenvalue weighted by atomic mass is 10.0. The molecule has 196 valence electrons. The lowest BCUT2D eigenvalue weighted by Gasteiger charge is -2.11. The molecule has 0 aromatic heterocycles. The summed E-state index contributed by atoms with van der Waals surface area (Å²) < 4.78 is 10.2. The molecule has 2 atom stereocenters. The maximum atomic E-state index is 11.9. The number of hydrogen-bond acceptors (Lipinski definition) is 6. The highest BCUT2D eigenvalue weighted by Crippen LogP contribution is 2.16. The fraction of sp³-hybridized carbons (Fsp3) is 0.259. The molecule has 2 unspecified atom stereocenters. The van der Waals surface area contributed by atoms with Crippen LogP contribution in [0.1, 0.15) is 25.0 Å². The number of carboxylic acids is 2. The van der Waals surface area contributed by atoms with Gasteiger partial charge in [-0.2, -0.15) is 0 Å². The highest BCUT2D eigenvalue weighted by atomic mass is 16.6. The second kappa shape index (κ2) is 14.7. The molecule has 10 nitrogen and oxygen atoms in total. The SMILES string of the molecule is CC(/C=C/C(=O)O)COC(=O)Nc1ccc(Cc2ccc(NC(=O)OCC(C)/C=C/C(=O)O)cc2)cc1. The lowest BCUT2D eigenvalue weighted by Crippen LogP contribution is -2.17. The number of aliphatic carboxylic acids is 2. The summed E-state index contributed by atoms with van der Waals surface area (Å²) in [6.45, 7) is 3.59. The Kier molecular flexibility index (Phi) is 11.4. The maximum absolute atomic E-state index is 11.9. The van der Waals surface area contributed by atoms with Crippen molar-refractivity contribution in [3.05, 3.63) is 84.0 Å². The molecule has 0 aliphatic carbocycles. The minimum absolute atomic E-state index is 0.0551. The largest absolute Gasteiger partial charge is 0.478 e. The Bertz CT molecular complexity index is 1030. The van der Waals surface area contributed by atoms with Crippen LogP contribution >= 0.6 is 0 Å². The molecule has 0 saturated heterocycles. The van der Waals surface area contributed by atoms with E-state index in [2.05, 4.69) is 10.6 Å². The zero-order chi connectivity index (χ0) is 27.2. The zero-order valence-corrected chi connectivity index (χ0v) is 20.5. The number of carboxylic acid groups (broad SMARTS) is 2. The Labute approximate surface area is 214 Å². The standard InChI is InChI=1S/C27H30N2O8/c1-18(3-13-24(30)31)16-36-26(34)28-22-9-5-20(6-10-22)15-21-7-11-23(12-8-21)29-27(35)37-17-19(2)4-14-25(32)33/h3-14,18-19H,15-17H2,1-2H3,(H,28,34)(H,29,35)(H,30,31)(H,32,33)/b13-3+,14-4+. The molecule has 0 radical (unpaired) electrons. The van der Waals surface area contributed by atoms with Gasteiger partial charge < -0.3 is 19.7 Å². The number of carbonyl (C=O) groups excluding carboxylic acids is 2. The molecule has 2 rings (SSSR count). The summed E-state index contributed by atoms with van der Waals surface area (Å²) in [5.41, 5.74) is 3.14. The second-order valence-electron chi connectivity index (χ2n) is 8.37. The highest BCUT2D eigenvalue weighted by molar-refractivity contribution is 5.85. The van der Waals surface area contributed by atoms with Crippen LogP contribution in [0.4, 0.5) is 21.0 Å². The molecule has 2 amide bonds. The Hall–Kier alpha value is -4.60. The fourth-order valence-corrected chi connectivity index (χ4v) is 2.97. The molecular formula is C27H30N2O8. The minimum atomic E-state index is -1.06. The first-order chi connectivity index (χ1) is 17.6. The van der Waals surface area contributed by atoms with Crippen LogP contribution < -0.4 is 10.6 Å². The number of hydrogen-bond donors (Lipinski definition) is 4. The van der Waals surface area contributed by atoms with Crippen molar-refractivity contribution in [2.75, 3.05) is 23.8 Å². The van der Waals surface area contributed by atoms with Crippen LogP contribution in [0.5, 0.6) is 0 Å². The summed E-state index contributed by atoms with van der Waals surface area (Å²) in [5.74, 6) is -2.57. The molecule has 0 aliphatic rings. The number of benzene rings is 2. The molecule has 0 spiro atoms. The van der Waals surface area contributed by atoms with Crippen LogP contribution in [-0.2, 0) is 25.5 Å². The predicted molar refractivity (Wildman–Crippen MR) is 138 cm³/mol. The van der Waals surface area contributed by atoms with E-state index >= 15 is 0 Å². The van der Waals surface area contributed by atoms with Crippen LogP contribution in [0.15, 0.2) is 72.8 Å². The molecule has 0 heterocycles. The van der Waals surface area contributed by atoms with Crippen molar-refractivity contribution in [2.45, 2.75) is 20.3 Å². The van der Waals surface area contributed by atoms with E-state index in [0.29, 0.717) is 17.8 Å². The topological polar surface area (TPSA) is 151 Å². The van der Waals surface area contributed by atoms with Gasteiger partial charge in [-0.3, -0.25) is 10.6 Å². The van der Waals surface area contributed by atoms with Gasteiger partial charge in [-0.15, -0.1) is 0 Å². The molecule has 0 bridgehead atoms. The number of nitrogens with one attached hydrogen (secondary N) is 2. The summed E-state index contributed by atoms with van der Waals surface area (Å²) in [7, 11) is 0. The Balaban J connectivity index is 1.77. The van der Waals surface area contributed by atoms with E-state index in [1.807, 2.05) is 24.3 Å². The number of carbonyl (C=O) groups is 4. The van der Waals surface area contributed by atoms with E-state index in [0.717, 1.165) is 23.3 Å². The quantitative estimate of drug-likeness (QED) is 0.294. The molecule has 0 fully saturated rings. The maximum Gasteiger partial charge on any atom is 0.411 e. The zero-order valence-electron chi connectivity index (χ0n) is 20.5. The number of anilines is 2. The molecule has 10 heteroatoms. The van der Waals surface area contributed by atoms with Gasteiger partial charge in [-0.1, -0.05) is 50.3 Å². The van der Waals surface area contributed by atoms with E-state index in [-0.39, 0.29) is 25.0 Å². The first-order valence-corrected chi connectivity index (χ1v) is 11.5. The van der Waals surface area contributed by atoms with Crippen LogP contribution in [0.25, 0.3) is 0 Å². The Morgan fingerprint density at radius 3 is 1.38 bits per heavy atom. The number of amides is 2. The third kappa shape index (κ3) is 12.1. The average Bonchev–Trinajstić information content (AvgIpc) is 2.86. The van der Waals surface area contributed by atoms with Crippen molar-refractivity contribution < 1.29 is 38.9 Å². The summed E-state index contributed by atoms with van der Waals surface area (Å²) in [6.07, 6.45) is 4.30. The normalized spacial score (nSPS) is 12.6.